The lowest BCUT2D eigenvalue weighted by molar-refractivity contribution is 0.475. The van der Waals surface area contributed by atoms with Gasteiger partial charge >= 0.3 is 0 Å². The smallest absolute Gasteiger partial charge is 0.261 e. The van der Waals surface area contributed by atoms with E-state index in [0.717, 1.165) is 16.7 Å². The third-order valence-corrected chi connectivity index (χ3v) is 3.99. The van der Waals surface area contributed by atoms with Crippen LogP contribution in [0.4, 0.5) is 0 Å². The van der Waals surface area contributed by atoms with Crippen LogP contribution in [0.15, 0.2) is 47.4 Å². The standard InChI is InChI=1S/C13H11ClO3S/c1-9-7-12(18(14,16)17)5-6-13(9)10-3-2-4-11(15)8-10/h2-8,15H,1H3. The Morgan fingerprint density at radius 3 is 2.39 bits per heavy atom. The molecule has 0 saturated carbocycles. The molecule has 1 N–H and O–H groups in total. The van der Waals surface area contributed by atoms with Crippen molar-refractivity contribution in [3.05, 3.63) is 48.0 Å². The largest absolute Gasteiger partial charge is 0.508 e. The highest BCUT2D eigenvalue weighted by Gasteiger charge is 2.12. The number of benzene rings is 2. The van der Waals surface area contributed by atoms with Gasteiger partial charge in [0.05, 0.1) is 4.90 Å². The monoisotopic (exact) mass is 282 g/mol. The molecule has 2 rings (SSSR count). The Labute approximate surface area is 110 Å². The normalized spacial score (nSPS) is 11.4. The van der Waals surface area contributed by atoms with Crippen molar-refractivity contribution in [2.75, 3.05) is 0 Å². The molecule has 18 heavy (non-hydrogen) atoms. The predicted molar refractivity (Wildman–Crippen MR) is 71.3 cm³/mol. The van der Waals surface area contributed by atoms with E-state index >= 15 is 0 Å². The van der Waals surface area contributed by atoms with Crippen LogP contribution in [-0.4, -0.2) is 13.5 Å². The summed E-state index contributed by atoms with van der Waals surface area (Å²) in [6.07, 6.45) is 0. The second-order valence-electron chi connectivity index (χ2n) is 3.96. The molecule has 0 aliphatic rings. The summed E-state index contributed by atoms with van der Waals surface area (Å²) in [4.78, 5) is 0.0746. The molecule has 0 aliphatic heterocycles. The lowest BCUT2D eigenvalue weighted by Gasteiger charge is -2.07. The number of aryl methyl sites for hydroxylation is 1. The maximum Gasteiger partial charge on any atom is 0.261 e. The van der Waals surface area contributed by atoms with Crippen LogP contribution in [0.5, 0.6) is 5.75 Å². The van der Waals surface area contributed by atoms with Gasteiger partial charge in [0.15, 0.2) is 0 Å². The summed E-state index contributed by atoms with van der Waals surface area (Å²) in [5.74, 6) is 0.168. The molecule has 0 radical (unpaired) electrons. The quantitative estimate of drug-likeness (QED) is 0.860. The van der Waals surface area contributed by atoms with Crippen LogP contribution < -0.4 is 0 Å². The zero-order valence-corrected chi connectivity index (χ0v) is 11.2. The number of rotatable bonds is 2. The van der Waals surface area contributed by atoms with Gasteiger partial charge in [-0.3, -0.25) is 0 Å². The van der Waals surface area contributed by atoms with E-state index in [0.29, 0.717) is 0 Å². The minimum Gasteiger partial charge on any atom is -0.508 e. The molecule has 0 spiro atoms. The zero-order chi connectivity index (χ0) is 13.3. The molecule has 0 aliphatic carbocycles. The fourth-order valence-corrected chi connectivity index (χ4v) is 2.62. The molecule has 2 aromatic rings. The average Bonchev–Trinajstić information content (AvgIpc) is 2.27. The Morgan fingerprint density at radius 2 is 1.83 bits per heavy atom. The van der Waals surface area contributed by atoms with Gasteiger partial charge in [0, 0.05) is 10.7 Å². The van der Waals surface area contributed by atoms with E-state index in [-0.39, 0.29) is 10.6 Å². The minimum absolute atomic E-state index is 0.0746. The average molecular weight is 283 g/mol. The molecule has 3 nitrogen and oxygen atoms in total. The molecule has 0 amide bonds. The van der Waals surface area contributed by atoms with E-state index < -0.39 is 9.05 Å². The van der Waals surface area contributed by atoms with Gasteiger partial charge in [0.2, 0.25) is 0 Å². The van der Waals surface area contributed by atoms with Crippen LogP contribution in [0.2, 0.25) is 0 Å². The first-order valence-electron chi connectivity index (χ1n) is 5.22. The highest BCUT2D eigenvalue weighted by molar-refractivity contribution is 8.13. The van der Waals surface area contributed by atoms with Gasteiger partial charge in [-0.15, -0.1) is 0 Å². The van der Waals surface area contributed by atoms with Gasteiger partial charge in [0.25, 0.3) is 9.05 Å². The fourth-order valence-electron chi connectivity index (χ4n) is 1.79. The number of hydrogen-bond donors (Lipinski definition) is 1. The Kier molecular flexibility index (Phi) is 3.32. The summed E-state index contributed by atoms with van der Waals surface area (Å²) in [7, 11) is 1.58. The molecular weight excluding hydrogens is 272 g/mol. The molecule has 0 bridgehead atoms. The van der Waals surface area contributed by atoms with Crippen LogP contribution in [0.1, 0.15) is 5.56 Å². The Morgan fingerprint density at radius 1 is 1.11 bits per heavy atom. The third kappa shape index (κ3) is 2.66. The first kappa shape index (κ1) is 12.9. The van der Waals surface area contributed by atoms with Gasteiger partial charge < -0.3 is 5.11 Å². The van der Waals surface area contributed by atoms with Crippen LogP contribution in [0.25, 0.3) is 11.1 Å². The number of phenols is 1. The lowest BCUT2D eigenvalue weighted by atomic mass is 10.0. The van der Waals surface area contributed by atoms with E-state index in [1.807, 2.05) is 6.07 Å². The first-order chi connectivity index (χ1) is 8.38. The highest BCUT2D eigenvalue weighted by atomic mass is 35.7. The predicted octanol–water partition coefficient (Wildman–Crippen LogP) is 3.30. The van der Waals surface area contributed by atoms with Gasteiger partial charge in [0.1, 0.15) is 5.75 Å². The molecule has 0 saturated heterocycles. The van der Waals surface area contributed by atoms with Crippen molar-refractivity contribution in [2.24, 2.45) is 0 Å². The molecule has 2 aromatic carbocycles. The summed E-state index contributed by atoms with van der Waals surface area (Å²) < 4.78 is 22.4. The topological polar surface area (TPSA) is 54.4 Å². The van der Waals surface area contributed by atoms with Gasteiger partial charge in [-0.1, -0.05) is 18.2 Å². The fraction of sp³-hybridized carbons (Fsp3) is 0.0769. The van der Waals surface area contributed by atoms with Crippen molar-refractivity contribution in [3.63, 3.8) is 0 Å². The first-order valence-corrected chi connectivity index (χ1v) is 7.53. The van der Waals surface area contributed by atoms with Crippen LogP contribution in [0, 0.1) is 6.92 Å². The minimum atomic E-state index is -3.71. The number of hydrogen-bond acceptors (Lipinski definition) is 3. The van der Waals surface area contributed by atoms with Gasteiger partial charge in [-0.25, -0.2) is 8.42 Å². The van der Waals surface area contributed by atoms with Crippen molar-refractivity contribution in [3.8, 4) is 16.9 Å². The number of halogens is 1. The Hall–Kier alpha value is -1.52. The molecule has 0 heterocycles. The van der Waals surface area contributed by atoms with Gasteiger partial charge in [-0.2, -0.15) is 0 Å². The van der Waals surface area contributed by atoms with Gasteiger partial charge in [-0.05, 0) is 47.9 Å². The third-order valence-electron chi connectivity index (χ3n) is 2.64. The summed E-state index contributed by atoms with van der Waals surface area (Å²) in [5.41, 5.74) is 2.46. The number of phenolic OH excluding ortho intramolecular Hbond substituents is 1. The SMILES string of the molecule is Cc1cc(S(=O)(=O)Cl)ccc1-c1cccc(O)c1. The molecule has 0 unspecified atom stereocenters. The summed E-state index contributed by atoms with van der Waals surface area (Å²) >= 11 is 0. The lowest BCUT2D eigenvalue weighted by Crippen LogP contribution is -1.92. The van der Waals surface area contributed by atoms with E-state index in [2.05, 4.69) is 0 Å². The van der Waals surface area contributed by atoms with Crippen molar-refractivity contribution in [2.45, 2.75) is 11.8 Å². The van der Waals surface area contributed by atoms with E-state index in [1.165, 1.54) is 12.1 Å². The number of aromatic hydroxyl groups is 1. The van der Waals surface area contributed by atoms with E-state index in [1.54, 1.807) is 31.2 Å². The molecule has 0 fully saturated rings. The summed E-state index contributed by atoms with van der Waals surface area (Å²) in [6, 6.07) is 11.4. The highest BCUT2D eigenvalue weighted by Crippen LogP contribution is 2.28. The maximum atomic E-state index is 11.2. The molecule has 0 aromatic heterocycles. The Balaban J connectivity index is 2.55. The zero-order valence-electron chi connectivity index (χ0n) is 9.59. The summed E-state index contributed by atoms with van der Waals surface area (Å²) in [6.45, 7) is 1.80. The van der Waals surface area contributed by atoms with Crippen molar-refractivity contribution in [1.82, 2.24) is 0 Å². The second-order valence-corrected chi connectivity index (χ2v) is 6.53. The maximum absolute atomic E-state index is 11.2. The van der Waals surface area contributed by atoms with Crippen molar-refractivity contribution < 1.29 is 13.5 Å². The summed E-state index contributed by atoms with van der Waals surface area (Å²) in [5, 5.41) is 9.43. The molecular formula is C13H11ClO3S. The molecule has 0 atom stereocenters. The van der Waals surface area contributed by atoms with E-state index in [9.17, 15) is 13.5 Å². The molecule has 94 valence electrons. The van der Waals surface area contributed by atoms with Crippen LogP contribution >= 0.6 is 10.7 Å². The van der Waals surface area contributed by atoms with E-state index in [4.69, 9.17) is 10.7 Å². The Bertz CT molecular complexity index is 693. The second kappa shape index (κ2) is 4.63. The van der Waals surface area contributed by atoms with Crippen molar-refractivity contribution >= 4 is 19.7 Å². The van der Waals surface area contributed by atoms with Crippen molar-refractivity contribution in [1.29, 1.82) is 0 Å². The van der Waals surface area contributed by atoms with Crippen LogP contribution in [0.3, 0.4) is 0 Å². The molecule has 5 heteroatoms. The van der Waals surface area contributed by atoms with Crippen LogP contribution in [-0.2, 0) is 9.05 Å².